The Balaban J connectivity index is 1.69. The lowest BCUT2D eigenvalue weighted by atomic mass is 10.2. The number of phenols is 1. The minimum absolute atomic E-state index is 0.0839. The van der Waals surface area contributed by atoms with Crippen molar-refractivity contribution in [3.05, 3.63) is 59.9 Å². The van der Waals surface area contributed by atoms with Gasteiger partial charge in [0, 0.05) is 24.9 Å². The molecule has 122 valence electrons. The lowest BCUT2D eigenvalue weighted by molar-refractivity contribution is -0.130. The van der Waals surface area contributed by atoms with Crippen LogP contribution in [-0.2, 0) is 11.3 Å². The summed E-state index contributed by atoms with van der Waals surface area (Å²) in [6.45, 7) is 0.490. The Hall–Kier alpha value is -2.01. The topological polar surface area (TPSA) is 40.5 Å². The van der Waals surface area contributed by atoms with Gasteiger partial charge in [-0.05, 0) is 54.1 Å². The number of thioether (sulfide) groups is 1. The van der Waals surface area contributed by atoms with E-state index < -0.39 is 0 Å². The second kappa shape index (κ2) is 8.58. The highest BCUT2D eigenvalue weighted by Gasteiger charge is 2.09. The molecule has 0 atom stereocenters. The third-order valence-electron chi connectivity index (χ3n) is 3.40. The maximum atomic E-state index is 12.9. The van der Waals surface area contributed by atoms with Crippen LogP contribution in [0.5, 0.6) is 5.75 Å². The lowest BCUT2D eigenvalue weighted by Gasteiger charge is -2.17. The molecule has 23 heavy (non-hydrogen) atoms. The molecule has 5 heteroatoms. The number of halogens is 1. The van der Waals surface area contributed by atoms with Gasteiger partial charge < -0.3 is 10.0 Å². The molecular formula is C18H20FNO2S. The maximum absolute atomic E-state index is 12.9. The summed E-state index contributed by atoms with van der Waals surface area (Å²) in [6.07, 6.45) is 1.28. The van der Waals surface area contributed by atoms with Crippen molar-refractivity contribution in [1.29, 1.82) is 0 Å². The zero-order chi connectivity index (χ0) is 16.7. The number of hydrogen-bond donors (Lipinski definition) is 1. The fourth-order valence-corrected chi connectivity index (χ4v) is 2.95. The van der Waals surface area contributed by atoms with Gasteiger partial charge in [0.05, 0.1) is 0 Å². The fourth-order valence-electron chi connectivity index (χ4n) is 2.10. The third-order valence-corrected chi connectivity index (χ3v) is 4.50. The van der Waals surface area contributed by atoms with Crippen LogP contribution < -0.4 is 0 Å². The van der Waals surface area contributed by atoms with Crippen molar-refractivity contribution in [1.82, 2.24) is 4.90 Å². The normalized spacial score (nSPS) is 10.5. The number of carbonyl (C=O) groups is 1. The number of hydrogen-bond acceptors (Lipinski definition) is 3. The Bertz CT molecular complexity index is 628. The number of phenolic OH excluding ortho intramolecular Hbond substituents is 1. The number of amides is 1. The first kappa shape index (κ1) is 17.3. The lowest BCUT2D eigenvalue weighted by Crippen LogP contribution is -2.25. The number of nitrogens with zero attached hydrogens (tertiary/aromatic N) is 1. The smallest absolute Gasteiger partial charge is 0.222 e. The molecule has 0 fully saturated rings. The van der Waals surface area contributed by atoms with E-state index in [4.69, 9.17) is 0 Å². The molecule has 1 amide bonds. The molecule has 0 saturated heterocycles. The molecule has 2 aromatic carbocycles. The van der Waals surface area contributed by atoms with Crippen LogP contribution in [0.25, 0.3) is 0 Å². The Labute approximate surface area is 140 Å². The highest BCUT2D eigenvalue weighted by molar-refractivity contribution is 7.99. The van der Waals surface area contributed by atoms with Crippen molar-refractivity contribution in [3.63, 3.8) is 0 Å². The SMILES string of the molecule is CN(Cc1ccc(F)cc1)C(=O)CCCSc1ccc(O)cc1. The molecule has 2 rings (SSSR count). The van der Waals surface area contributed by atoms with Crippen molar-refractivity contribution >= 4 is 17.7 Å². The summed E-state index contributed by atoms with van der Waals surface area (Å²) >= 11 is 1.66. The van der Waals surface area contributed by atoms with Gasteiger partial charge in [0.25, 0.3) is 0 Å². The van der Waals surface area contributed by atoms with Gasteiger partial charge in [-0.2, -0.15) is 0 Å². The quantitative estimate of drug-likeness (QED) is 0.613. The third kappa shape index (κ3) is 5.94. The first-order valence-electron chi connectivity index (χ1n) is 7.45. The van der Waals surface area contributed by atoms with E-state index in [0.29, 0.717) is 13.0 Å². The van der Waals surface area contributed by atoms with Crippen LogP contribution in [0, 0.1) is 5.82 Å². The molecule has 0 bridgehead atoms. The Morgan fingerprint density at radius 2 is 1.78 bits per heavy atom. The van der Waals surface area contributed by atoms with Gasteiger partial charge in [0.2, 0.25) is 5.91 Å². The highest BCUT2D eigenvalue weighted by atomic mass is 32.2. The molecule has 0 aromatic heterocycles. The molecule has 0 aliphatic heterocycles. The summed E-state index contributed by atoms with van der Waals surface area (Å²) in [6, 6.07) is 13.2. The van der Waals surface area contributed by atoms with Crippen molar-refractivity contribution in [2.75, 3.05) is 12.8 Å². The van der Waals surface area contributed by atoms with Crippen LogP contribution in [-0.4, -0.2) is 28.7 Å². The molecule has 0 saturated carbocycles. The summed E-state index contributed by atoms with van der Waals surface area (Å²) in [5.74, 6) is 0.919. The van der Waals surface area contributed by atoms with Crippen LogP contribution in [0.1, 0.15) is 18.4 Å². The van der Waals surface area contributed by atoms with Crippen molar-refractivity contribution < 1.29 is 14.3 Å². The van der Waals surface area contributed by atoms with Gasteiger partial charge in [-0.15, -0.1) is 11.8 Å². The minimum atomic E-state index is -0.269. The molecule has 0 aliphatic carbocycles. The van der Waals surface area contributed by atoms with E-state index in [9.17, 15) is 14.3 Å². The predicted octanol–water partition coefficient (Wildman–Crippen LogP) is 4.06. The van der Waals surface area contributed by atoms with E-state index in [1.807, 2.05) is 12.1 Å². The average molecular weight is 333 g/mol. The first-order chi connectivity index (χ1) is 11.0. The highest BCUT2D eigenvalue weighted by Crippen LogP contribution is 2.21. The van der Waals surface area contributed by atoms with Gasteiger partial charge in [0.1, 0.15) is 11.6 Å². The summed E-state index contributed by atoms with van der Waals surface area (Å²) < 4.78 is 12.9. The molecule has 2 aromatic rings. The summed E-state index contributed by atoms with van der Waals surface area (Å²) in [7, 11) is 1.76. The van der Waals surface area contributed by atoms with Crippen LogP contribution in [0.4, 0.5) is 4.39 Å². The summed E-state index contributed by atoms with van der Waals surface area (Å²) in [4.78, 5) is 14.8. The van der Waals surface area contributed by atoms with Gasteiger partial charge in [0.15, 0.2) is 0 Å². The number of rotatable bonds is 7. The molecule has 0 aliphatic rings. The molecule has 0 radical (unpaired) electrons. The van der Waals surface area contributed by atoms with Crippen molar-refractivity contribution in [2.24, 2.45) is 0 Å². The Morgan fingerprint density at radius 1 is 1.13 bits per heavy atom. The van der Waals surface area contributed by atoms with E-state index in [-0.39, 0.29) is 17.5 Å². The Kier molecular flexibility index (Phi) is 6.47. The summed E-state index contributed by atoms with van der Waals surface area (Å²) in [5.41, 5.74) is 0.917. The van der Waals surface area contributed by atoms with Crippen LogP contribution in [0.15, 0.2) is 53.4 Å². The number of benzene rings is 2. The second-order valence-corrected chi connectivity index (χ2v) is 6.49. The molecule has 1 N–H and O–H groups in total. The predicted molar refractivity (Wildman–Crippen MR) is 90.9 cm³/mol. The molecule has 0 unspecified atom stereocenters. The molecule has 0 spiro atoms. The van der Waals surface area contributed by atoms with E-state index in [1.54, 1.807) is 48.0 Å². The van der Waals surface area contributed by atoms with Crippen molar-refractivity contribution in [3.8, 4) is 5.75 Å². The monoisotopic (exact) mass is 333 g/mol. The van der Waals surface area contributed by atoms with E-state index >= 15 is 0 Å². The van der Waals surface area contributed by atoms with E-state index in [2.05, 4.69) is 0 Å². The van der Waals surface area contributed by atoms with Gasteiger partial charge in [-0.25, -0.2) is 4.39 Å². The average Bonchev–Trinajstić information content (AvgIpc) is 2.55. The molecule has 0 heterocycles. The largest absolute Gasteiger partial charge is 0.508 e. The zero-order valence-electron chi connectivity index (χ0n) is 13.0. The molecule has 3 nitrogen and oxygen atoms in total. The van der Waals surface area contributed by atoms with Crippen LogP contribution >= 0.6 is 11.8 Å². The van der Waals surface area contributed by atoms with Crippen molar-refractivity contribution in [2.45, 2.75) is 24.3 Å². The van der Waals surface area contributed by atoms with E-state index in [1.165, 1.54) is 12.1 Å². The van der Waals surface area contributed by atoms with Crippen LogP contribution in [0.2, 0.25) is 0 Å². The standard InChI is InChI=1S/C18H20FNO2S/c1-20(13-14-4-6-15(19)7-5-14)18(22)3-2-12-23-17-10-8-16(21)9-11-17/h4-11,21H,2-3,12-13H2,1H3. The second-order valence-electron chi connectivity index (χ2n) is 5.32. The minimum Gasteiger partial charge on any atom is -0.508 e. The number of aromatic hydroxyl groups is 1. The van der Waals surface area contributed by atoms with E-state index in [0.717, 1.165) is 22.6 Å². The number of carbonyl (C=O) groups excluding carboxylic acids is 1. The van der Waals surface area contributed by atoms with Gasteiger partial charge in [-0.3, -0.25) is 4.79 Å². The van der Waals surface area contributed by atoms with Crippen LogP contribution in [0.3, 0.4) is 0 Å². The first-order valence-corrected chi connectivity index (χ1v) is 8.43. The Morgan fingerprint density at radius 3 is 2.43 bits per heavy atom. The maximum Gasteiger partial charge on any atom is 0.222 e. The molecular weight excluding hydrogens is 313 g/mol. The summed E-state index contributed by atoms with van der Waals surface area (Å²) in [5, 5.41) is 9.22. The fraction of sp³-hybridized carbons (Fsp3) is 0.278. The zero-order valence-corrected chi connectivity index (χ0v) is 13.9. The van der Waals surface area contributed by atoms with Gasteiger partial charge in [-0.1, -0.05) is 12.1 Å². The van der Waals surface area contributed by atoms with Gasteiger partial charge >= 0.3 is 0 Å².